The summed E-state index contributed by atoms with van der Waals surface area (Å²) in [6, 6.07) is 4.23. The maximum Gasteiger partial charge on any atom is 0.317 e. The number of rotatable bonds is 7. The van der Waals surface area contributed by atoms with Crippen molar-refractivity contribution in [1.29, 1.82) is 0 Å². The maximum atomic E-state index is 12.2. The van der Waals surface area contributed by atoms with Crippen molar-refractivity contribution >= 4 is 17.4 Å². The average Bonchev–Trinajstić information content (AvgIpc) is 2.86. The van der Waals surface area contributed by atoms with Gasteiger partial charge in [-0.15, -0.1) is 11.3 Å². The Kier molecular flexibility index (Phi) is 6.68. The van der Waals surface area contributed by atoms with E-state index in [9.17, 15) is 9.90 Å². The Morgan fingerprint density at radius 2 is 2.14 bits per heavy atom. The van der Waals surface area contributed by atoms with Crippen molar-refractivity contribution in [2.75, 3.05) is 13.6 Å². The molecule has 2 amide bonds. The van der Waals surface area contributed by atoms with Crippen LogP contribution in [0.1, 0.15) is 39.0 Å². The molecule has 0 saturated heterocycles. The van der Waals surface area contributed by atoms with Crippen molar-refractivity contribution in [2.24, 2.45) is 5.41 Å². The predicted molar refractivity (Wildman–Crippen MR) is 88.7 cm³/mol. The second-order valence-electron chi connectivity index (χ2n) is 6.62. The lowest BCUT2D eigenvalue weighted by molar-refractivity contribution is 0.126. The van der Waals surface area contributed by atoms with E-state index in [1.807, 2.05) is 13.1 Å². The van der Waals surface area contributed by atoms with Crippen molar-refractivity contribution in [3.8, 4) is 0 Å². The zero-order valence-electron chi connectivity index (χ0n) is 13.7. The van der Waals surface area contributed by atoms with Crippen LogP contribution < -0.4 is 5.32 Å². The maximum absolute atomic E-state index is 12.2. The van der Waals surface area contributed by atoms with Gasteiger partial charge in [0.15, 0.2) is 0 Å². The van der Waals surface area contributed by atoms with Gasteiger partial charge in [-0.1, -0.05) is 19.9 Å². The summed E-state index contributed by atoms with van der Waals surface area (Å²) in [5.41, 5.74) is -0.109. The molecule has 0 bridgehead atoms. The summed E-state index contributed by atoms with van der Waals surface area (Å²) in [6.07, 6.45) is 1.19. The molecular weight excluding hydrogens is 284 g/mol. The standard InChI is InChI=1S/C16H28N2O2S/c1-12(9-14-7-6-8-21-14)18(5)15(20)17-11-16(3,4)10-13(2)19/h6-8,12-13,19H,9-11H2,1-5H3,(H,17,20). The lowest BCUT2D eigenvalue weighted by atomic mass is 9.87. The topological polar surface area (TPSA) is 52.6 Å². The third kappa shape index (κ3) is 6.48. The van der Waals surface area contributed by atoms with E-state index in [0.29, 0.717) is 13.0 Å². The largest absolute Gasteiger partial charge is 0.393 e. The Hall–Kier alpha value is -1.07. The third-order valence-corrected chi connectivity index (χ3v) is 4.52. The molecule has 1 aromatic rings. The summed E-state index contributed by atoms with van der Waals surface area (Å²) in [4.78, 5) is 15.2. The van der Waals surface area contributed by atoms with Crippen molar-refractivity contribution in [3.05, 3.63) is 22.4 Å². The normalized spacial score (nSPS) is 14.6. The Morgan fingerprint density at radius 3 is 2.67 bits per heavy atom. The van der Waals surface area contributed by atoms with Gasteiger partial charge in [0.05, 0.1) is 6.10 Å². The highest BCUT2D eigenvalue weighted by Crippen LogP contribution is 2.21. The molecule has 0 aromatic carbocycles. The van der Waals surface area contributed by atoms with Crippen molar-refractivity contribution in [3.63, 3.8) is 0 Å². The first kappa shape index (κ1) is 18.0. The Balaban J connectivity index is 2.43. The average molecular weight is 312 g/mol. The van der Waals surface area contributed by atoms with E-state index in [0.717, 1.165) is 6.42 Å². The highest BCUT2D eigenvalue weighted by Gasteiger charge is 2.23. The molecule has 0 aliphatic rings. The number of amides is 2. The molecule has 2 unspecified atom stereocenters. The van der Waals surface area contributed by atoms with Crippen LogP contribution in [0.3, 0.4) is 0 Å². The molecule has 2 N–H and O–H groups in total. The van der Waals surface area contributed by atoms with Gasteiger partial charge in [-0.05, 0) is 37.1 Å². The second-order valence-corrected chi connectivity index (χ2v) is 7.65. The first-order valence-electron chi connectivity index (χ1n) is 7.42. The number of nitrogens with one attached hydrogen (secondary N) is 1. The monoisotopic (exact) mass is 312 g/mol. The minimum absolute atomic E-state index is 0.0577. The van der Waals surface area contributed by atoms with Gasteiger partial charge < -0.3 is 15.3 Å². The Labute approximate surface area is 132 Å². The van der Waals surface area contributed by atoms with Crippen LogP contribution in [0.5, 0.6) is 0 Å². The van der Waals surface area contributed by atoms with Crippen LogP contribution in [-0.2, 0) is 6.42 Å². The third-order valence-electron chi connectivity index (χ3n) is 3.62. The lowest BCUT2D eigenvalue weighted by Gasteiger charge is -2.30. The van der Waals surface area contributed by atoms with Crippen LogP contribution in [0.25, 0.3) is 0 Å². The van der Waals surface area contributed by atoms with Gasteiger partial charge in [0.25, 0.3) is 0 Å². The number of carbonyl (C=O) groups excluding carboxylic acids is 1. The van der Waals surface area contributed by atoms with Gasteiger partial charge in [0, 0.05) is 30.9 Å². The second kappa shape index (κ2) is 7.80. The molecule has 1 rings (SSSR count). The molecule has 120 valence electrons. The van der Waals surface area contributed by atoms with E-state index >= 15 is 0 Å². The van der Waals surface area contributed by atoms with Gasteiger partial charge in [-0.2, -0.15) is 0 Å². The molecule has 2 atom stereocenters. The van der Waals surface area contributed by atoms with Gasteiger partial charge in [0.2, 0.25) is 0 Å². The van der Waals surface area contributed by atoms with Gasteiger partial charge in [-0.25, -0.2) is 4.79 Å². The number of thiophene rings is 1. The Morgan fingerprint density at radius 1 is 1.48 bits per heavy atom. The van der Waals surface area contributed by atoms with E-state index in [1.165, 1.54) is 4.88 Å². The van der Waals surface area contributed by atoms with E-state index < -0.39 is 0 Å². The van der Waals surface area contributed by atoms with Crippen LogP contribution in [0.15, 0.2) is 17.5 Å². The summed E-state index contributed by atoms with van der Waals surface area (Å²) in [5.74, 6) is 0. The summed E-state index contributed by atoms with van der Waals surface area (Å²) in [5, 5.41) is 14.5. The number of hydrogen-bond donors (Lipinski definition) is 2. The molecule has 21 heavy (non-hydrogen) atoms. The predicted octanol–water partition coefficient (Wildman–Crippen LogP) is 3.12. The van der Waals surface area contributed by atoms with Gasteiger partial charge in [0.1, 0.15) is 0 Å². The fraction of sp³-hybridized carbons (Fsp3) is 0.688. The van der Waals surface area contributed by atoms with Crippen LogP contribution in [0.4, 0.5) is 4.79 Å². The van der Waals surface area contributed by atoms with Crippen LogP contribution in [0, 0.1) is 5.41 Å². The summed E-state index contributed by atoms with van der Waals surface area (Å²) in [6.45, 7) is 8.50. The van der Waals surface area contributed by atoms with Crippen molar-refractivity contribution in [2.45, 2.75) is 52.7 Å². The molecule has 0 spiro atoms. The number of urea groups is 1. The molecular formula is C16H28N2O2S. The SMILES string of the molecule is CC(O)CC(C)(C)CNC(=O)N(C)C(C)Cc1cccs1. The molecule has 1 heterocycles. The summed E-state index contributed by atoms with van der Waals surface area (Å²) in [7, 11) is 1.83. The minimum Gasteiger partial charge on any atom is -0.393 e. The molecule has 0 saturated carbocycles. The van der Waals surface area contributed by atoms with Crippen molar-refractivity contribution < 1.29 is 9.90 Å². The van der Waals surface area contributed by atoms with Crippen LogP contribution >= 0.6 is 11.3 Å². The highest BCUT2D eigenvalue weighted by atomic mass is 32.1. The zero-order chi connectivity index (χ0) is 16.0. The van der Waals surface area contributed by atoms with E-state index in [4.69, 9.17) is 0 Å². The highest BCUT2D eigenvalue weighted by molar-refractivity contribution is 7.09. The number of likely N-dealkylation sites (N-methyl/N-ethyl adjacent to an activating group) is 1. The number of hydrogen-bond acceptors (Lipinski definition) is 3. The molecule has 5 heteroatoms. The van der Waals surface area contributed by atoms with E-state index in [-0.39, 0.29) is 23.6 Å². The van der Waals surface area contributed by atoms with E-state index in [1.54, 1.807) is 23.2 Å². The molecule has 0 aliphatic carbocycles. The number of aliphatic hydroxyl groups excluding tert-OH is 1. The Bertz CT molecular complexity index is 429. The molecule has 0 radical (unpaired) electrons. The molecule has 1 aromatic heterocycles. The fourth-order valence-corrected chi connectivity index (χ4v) is 3.19. The molecule has 4 nitrogen and oxygen atoms in total. The molecule has 0 aliphatic heterocycles. The smallest absolute Gasteiger partial charge is 0.317 e. The van der Waals surface area contributed by atoms with Gasteiger partial charge in [-0.3, -0.25) is 0 Å². The zero-order valence-corrected chi connectivity index (χ0v) is 14.5. The number of carbonyl (C=O) groups is 1. The minimum atomic E-state index is -0.354. The van der Waals surface area contributed by atoms with Crippen molar-refractivity contribution in [1.82, 2.24) is 10.2 Å². The lowest BCUT2D eigenvalue weighted by Crippen LogP contribution is -2.46. The summed E-state index contributed by atoms with van der Waals surface area (Å²) < 4.78 is 0. The van der Waals surface area contributed by atoms with E-state index in [2.05, 4.69) is 37.5 Å². The number of aliphatic hydroxyl groups is 1. The van der Waals surface area contributed by atoms with Gasteiger partial charge >= 0.3 is 6.03 Å². The fourth-order valence-electron chi connectivity index (χ4n) is 2.37. The van der Waals surface area contributed by atoms with Crippen LogP contribution in [-0.4, -0.2) is 41.8 Å². The quantitative estimate of drug-likeness (QED) is 0.813. The van der Waals surface area contributed by atoms with Crippen LogP contribution in [0.2, 0.25) is 0 Å². The number of nitrogens with zero attached hydrogens (tertiary/aromatic N) is 1. The summed E-state index contributed by atoms with van der Waals surface area (Å²) >= 11 is 1.72. The first-order chi connectivity index (χ1) is 9.71. The first-order valence-corrected chi connectivity index (χ1v) is 8.30. The molecule has 0 fully saturated rings.